The first-order valence-corrected chi connectivity index (χ1v) is 8.84. The number of rotatable bonds is 4. The third-order valence-electron chi connectivity index (χ3n) is 3.98. The van der Waals surface area contributed by atoms with Crippen molar-refractivity contribution in [1.29, 1.82) is 0 Å². The molecular weight excluding hydrogens is 286 g/mol. The molecule has 0 unspecified atom stereocenters. The van der Waals surface area contributed by atoms with Gasteiger partial charge in [-0.05, 0) is 30.4 Å². The second-order valence-corrected chi connectivity index (χ2v) is 8.35. The van der Waals surface area contributed by atoms with Crippen molar-refractivity contribution in [3.05, 3.63) is 29.8 Å². The Hall–Kier alpha value is -1.20. The first-order chi connectivity index (χ1) is 9.76. The Balaban J connectivity index is 2.33. The van der Waals surface area contributed by atoms with Crippen molar-refractivity contribution in [2.24, 2.45) is 5.41 Å². The normalized spacial score (nSPS) is 19.4. The molecule has 21 heavy (non-hydrogen) atoms. The molecule has 5 heteroatoms. The molecule has 116 valence electrons. The van der Waals surface area contributed by atoms with Gasteiger partial charge in [0.2, 0.25) is 10.0 Å². The molecule has 4 nitrogen and oxygen atoms in total. The van der Waals surface area contributed by atoms with Gasteiger partial charge in [-0.1, -0.05) is 32.9 Å². The van der Waals surface area contributed by atoms with Crippen molar-refractivity contribution in [2.45, 2.75) is 44.9 Å². The lowest BCUT2D eigenvalue weighted by atomic mass is 9.85. The zero-order valence-corrected chi connectivity index (χ0v) is 13.7. The van der Waals surface area contributed by atoms with Crippen LogP contribution >= 0.6 is 0 Å². The molecule has 0 bridgehead atoms. The lowest BCUT2D eigenvalue weighted by Gasteiger charge is -2.37. The molecule has 2 rings (SSSR count). The van der Waals surface area contributed by atoms with Crippen molar-refractivity contribution in [1.82, 2.24) is 4.31 Å². The molecule has 1 saturated heterocycles. The number of carbonyl (C=O) groups excluding carboxylic acids is 1. The summed E-state index contributed by atoms with van der Waals surface area (Å²) < 4.78 is 27.1. The lowest BCUT2D eigenvalue weighted by molar-refractivity contribution is 0.0988. The van der Waals surface area contributed by atoms with Gasteiger partial charge in [0, 0.05) is 25.1 Å². The van der Waals surface area contributed by atoms with Crippen LogP contribution in [0.2, 0.25) is 0 Å². The van der Waals surface area contributed by atoms with Crippen molar-refractivity contribution in [2.75, 3.05) is 13.1 Å². The molecule has 1 aliphatic rings. The second-order valence-electron chi connectivity index (χ2n) is 6.41. The Labute approximate surface area is 127 Å². The van der Waals surface area contributed by atoms with Crippen LogP contribution in [0.4, 0.5) is 0 Å². The Morgan fingerprint density at radius 2 is 2.05 bits per heavy atom. The van der Waals surface area contributed by atoms with E-state index in [-0.39, 0.29) is 16.1 Å². The maximum Gasteiger partial charge on any atom is 0.243 e. The minimum atomic E-state index is -3.52. The maximum absolute atomic E-state index is 12.8. The number of Topliss-reactive ketones (excluding diaryl/α,β-unsaturated/α-hetero) is 1. The van der Waals surface area contributed by atoms with Crippen LogP contribution in [0.3, 0.4) is 0 Å². The molecule has 0 spiro atoms. The Bertz CT molecular complexity index is 635. The van der Waals surface area contributed by atoms with Gasteiger partial charge in [-0.2, -0.15) is 4.31 Å². The fourth-order valence-corrected chi connectivity index (χ4v) is 4.47. The van der Waals surface area contributed by atoms with Crippen LogP contribution in [0.15, 0.2) is 29.2 Å². The summed E-state index contributed by atoms with van der Waals surface area (Å²) >= 11 is 0. The maximum atomic E-state index is 12.8. The highest BCUT2D eigenvalue weighted by atomic mass is 32.2. The SMILES string of the molecule is CCC(=O)c1cccc(S(=O)(=O)N2CCCC(C)(C)C2)c1. The highest BCUT2D eigenvalue weighted by molar-refractivity contribution is 7.89. The molecule has 0 N–H and O–H groups in total. The topological polar surface area (TPSA) is 54.5 Å². The Kier molecular flexibility index (Phi) is 4.54. The minimum absolute atomic E-state index is 0.00215. The van der Waals surface area contributed by atoms with Gasteiger partial charge in [0.15, 0.2) is 5.78 Å². The Morgan fingerprint density at radius 3 is 2.67 bits per heavy atom. The highest BCUT2D eigenvalue weighted by Crippen LogP contribution is 2.31. The zero-order valence-electron chi connectivity index (χ0n) is 12.9. The van der Waals surface area contributed by atoms with Gasteiger partial charge in [0.25, 0.3) is 0 Å². The van der Waals surface area contributed by atoms with Gasteiger partial charge in [0.05, 0.1) is 4.90 Å². The molecule has 1 aliphatic heterocycles. The van der Waals surface area contributed by atoms with E-state index in [0.717, 1.165) is 12.8 Å². The van der Waals surface area contributed by atoms with E-state index in [1.807, 2.05) is 0 Å². The summed E-state index contributed by atoms with van der Waals surface area (Å²) in [6.45, 7) is 7.03. The summed E-state index contributed by atoms with van der Waals surface area (Å²) in [5.74, 6) is -0.0361. The first-order valence-electron chi connectivity index (χ1n) is 7.40. The summed E-state index contributed by atoms with van der Waals surface area (Å²) in [4.78, 5) is 12.0. The fourth-order valence-electron chi connectivity index (χ4n) is 2.76. The summed E-state index contributed by atoms with van der Waals surface area (Å²) in [5, 5.41) is 0. The average Bonchev–Trinajstić information content (AvgIpc) is 2.45. The van der Waals surface area contributed by atoms with Crippen LogP contribution < -0.4 is 0 Å². The summed E-state index contributed by atoms with van der Waals surface area (Å²) in [5.41, 5.74) is 0.470. The van der Waals surface area contributed by atoms with Crippen LogP contribution in [0, 0.1) is 5.41 Å². The molecule has 0 radical (unpaired) electrons. The second kappa shape index (κ2) is 5.89. The minimum Gasteiger partial charge on any atom is -0.294 e. The molecule has 0 amide bonds. The van der Waals surface area contributed by atoms with E-state index >= 15 is 0 Å². The van der Waals surface area contributed by atoms with Crippen LogP contribution in [0.5, 0.6) is 0 Å². The molecule has 0 aromatic heterocycles. The first kappa shape index (κ1) is 16.2. The third kappa shape index (κ3) is 3.52. The fraction of sp³-hybridized carbons (Fsp3) is 0.562. The van der Waals surface area contributed by atoms with Gasteiger partial charge in [0.1, 0.15) is 0 Å². The standard InChI is InChI=1S/C16H23NO3S/c1-4-15(18)13-7-5-8-14(11-13)21(19,20)17-10-6-9-16(2,3)12-17/h5,7-8,11H,4,6,9-10,12H2,1-3H3. The van der Waals surface area contributed by atoms with Gasteiger partial charge in [-0.3, -0.25) is 4.79 Å². The zero-order chi connectivity index (χ0) is 15.7. The molecule has 0 aliphatic carbocycles. The average molecular weight is 309 g/mol. The molecule has 0 atom stereocenters. The third-order valence-corrected chi connectivity index (χ3v) is 5.82. The van der Waals surface area contributed by atoms with E-state index in [1.54, 1.807) is 29.4 Å². The van der Waals surface area contributed by atoms with Crippen LogP contribution in [-0.2, 0) is 10.0 Å². The van der Waals surface area contributed by atoms with Crippen molar-refractivity contribution < 1.29 is 13.2 Å². The number of nitrogens with zero attached hydrogens (tertiary/aromatic N) is 1. The number of hydrogen-bond donors (Lipinski definition) is 0. The summed E-state index contributed by atoms with van der Waals surface area (Å²) in [6, 6.07) is 6.39. The van der Waals surface area contributed by atoms with Gasteiger partial charge < -0.3 is 0 Å². The monoisotopic (exact) mass is 309 g/mol. The quantitative estimate of drug-likeness (QED) is 0.803. The van der Waals surface area contributed by atoms with E-state index in [2.05, 4.69) is 13.8 Å². The lowest BCUT2D eigenvalue weighted by Crippen LogP contribution is -2.43. The highest BCUT2D eigenvalue weighted by Gasteiger charge is 2.34. The summed E-state index contributed by atoms with van der Waals surface area (Å²) in [6.07, 6.45) is 2.29. The van der Waals surface area contributed by atoms with Crippen molar-refractivity contribution in [3.63, 3.8) is 0 Å². The van der Waals surface area contributed by atoms with Gasteiger partial charge in [-0.15, -0.1) is 0 Å². The van der Waals surface area contributed by atoms with Gasteiger partial charge in [-0.25, -0.2) is 8.42 Å². The predicted octanol–water partition coefficient (Wildman–Crippen LogP) is 3.09. The molecule has 1 heterocycles. The molecular formula is C16H23NO3S. The molecule has 1 aromatic carbocycles. The number of carbonyl (C=O) groups is 1. The molecule has 0 saturated carbocycles. The van der Waals surface area contributed by atoms with Crippen LogP contribution in [-0.4, -0.2) is 31.6 Å². The predicted molar refractivity (Wildman–Crippen MR) is 82.8 cm³/mol. The Morgan fingerprint density at radius 1 is 1.33 bits per heavy atom. The van der Waals surface area contributed by atoms with E-state index < -0.39 is 10.0 Å². The molecule has 1 fully saturated rings. The van der Waals surface area contributed by atoms with Crippen molar-refractivity contribution >= 4 is 15.8 Å². The largest absolute Gasteiger partial charge is 0.294 e. The van der Waals surface area contributed by atoms with Crippen LogP contribution in [0.25, 0.3) is 0 Å². The van der Waals surface area contributed by atoms with E-state index in [9.17, 15) is 13.2 Å². The number of hydrogen-bond acceptors (Lipinski definition) is 3. The van der Waals surface area contributed by atoms with E-state index in [4.69, 9.17) is 0 Å². The van der Waals surface area contributed by atoms with Crippen LogP contribution in [0.1, 0.15) is 50.4 Å². The van der Waals surface area contributed by atoms with Crippen molar-refractivity contribution in [3.8, 4) is 0 Å². The van der Waals surface area contributed by atoms with E-state index in [1.165, 1.54) is 6.07 Å². The number of ketones is 1. The number of sulfonamides is 1. The number of piperidine rings is 1. The smallest absolute Gasteiger partial charge is 0.243 e. The van der Waals surface area contributed by atoms with E-state index in [0.29, 0.717) is 25.1 Å². The molecule has 1 aromatic rings. The van der Waals surface area contributed by atoms with Gasteiger partial charge >= 0.3 is 0 Å². The number of benzene rings is 1. The summed E-state index contributed by atoms with van der Waals surface area (Å²) in [7, 11) is -3.52.